The van der Waals surface area contributed by atoms with E-state index < -0.39 is 11.9 Å². The lowest BCUT2D eigenvalue weighted by Gasteiger charge is -2.08. The predicted molar refractivity (Wildman–Crippen MR) is 108 cm³/mol. The molecule has 3 rings (SSSR count). The van der Waals surface area contributed by atoms with Gasteiger partial charge in [0.2, 0.25) is 0 Å². The van der Waals surface area contributed by atoms with Gasteiger partial charge < -0.3 is 15.0 Å². The maximum Gasteiger partial charge on any atom is 0.323 e. The molecule has 0 aliphatic rings. The number of carbonyl (C=O) groups is 3. The summed E-state index contributed by atoms with van der Waals surface area (Å²) < 4.78 is 1.54. The van der Waals surface area contributed by atoms with Crippen molar-refractivity contribution in [3.05, 3.63) is 71.4 Å². The first-order valence-electron chi connectivity index (χ1n) is 8.73. The summed E-state index contributed by atoms with van der Waals surface area (Å²) >= 11 is 0. The van der Waals surface area contributed by atoms with E-state index in [2.05, 4.69) is 5.32 Å². The number of anilines is 1. The Morgan fingerprint density at radius 1 is 1.14 bits per heavy atom. The molecule has 0 aliphatic heterocycles. The first-order valence-corrected chi connectivity index (χ1v) is 8.73. The van der Waals surface area contributed by atoms with Crippen LogP contribution in [0.1, 0.15) is 22.8 Å². The maximum absolute atomic E-state index is 12.6. The van der Waals surface area contributed by atoms with E-state index in [1.165, 1.54) is 13.0 Å². The summed E-state index contributed by atoms with van der Waals surface area (Å²) in [7, 11) is 0. The summed E-state index contributed by atoms with van der Waals surface area (Å²) in [5, 5.41) is 21.9. The molecular formula is C22H17N3O4. The Kier molecular flexibility index (Phi) is 5.56. The fourth-order valence-electron chi connectivity index (χ4n) is 3.06. The molecule has 0 unspecified atom stereocenters. The van der Waals surface area contributed by atoms with Crippen LogP contribution in [0.25, 0.3) is 17.0 Å². The molecule has 2 aromatic carbocycles. The van der Waals surface area contributed by atoms with E-state index in [0.717, 1.165) is 5.39 Å². The zero-order chi connectivity index (χ0) is 21.0. The number of fused-ring (bicyclic) bond motifs is 1. The summed E-state index contributed by atoms with van der Waals surface area (Å²) in [4.78, 5) is 35.5. The van der Waals surface area contributed by atoms with Crippen LogP contribution in [0.4, 0.5) is 5.69 Å². The van der Waals surface area contributed by atoms with Gasteiger partial charge in [0, 0.05) is 28.2 Å². The van der Waals surface area contributed by atoms with Crippen LogP contribution in [-0.2, 0) is 16.1 Å². The number of nitriles is 1. The number of nitrogens with one attached hydrogen (secondary N) is 1. The molecule has 3 aromatic rings. The molecule has 1 heterocycles. The minimum Gasteiger partial charge on any atom is -0.480 e. The highest BCUT2D eigenvalue weighted by Crippen LogP contribution is 2.24. The summed E-state index contributed by atoms with van der Waals surface area (Å²) in [5.41, 5.74) is 1.73. The molecule has 0 saturated carbocycles. The molecule has 1 aromatic heterocycles. The number of carboxylic acids is 1. The molecule has 144 valence electrons. The lowest BCUT2D eigenvalue weighted by Crippen LogP contribution is -2.15. The first-order chi connectivity index (χ1) is 13.9. The molecule has 7 heteroatoms. The van der Waals surface area contributed by atoms with Gasteiger partial charge in [-0.15, -0.1) is 0 Å². The number of aromatic nitrogens is 1. The van der Waals surface area contributed by atoms with Crippen LogP contribution in [-0.4, -0.2) is 27.3 Å². The van der Waals surface area contributed by atoms with Crippen molar-refractivity contribution in [2.45, 2.75) is 13.5 Å². The molecular weight excluding hydrogens is 370 g/mol. The van der Waals surface area contributed by atoms with E-state index in [1.54, 1.807) is 59.3 Å². The van der Waals surface area contributed by atoms with Gasteiger partial charge in [-0.05, 0) is 31.2 Å². The van der Waals surface area contributed by atoms with E-state index in [4.69, 9.17) is 5.11 Å². The van der Waals surface area contributed by atoms with Gasteiger partial charge in [-0.3, -0.25) is 14.4 Å². The number of Topliss-reactive ketones (excluding diaryl/α,β-unsaturated/α-hetero) is 1. The van der Waals surface area contributed by atoms with E-state index in [9.17, 15) is 19.6 Å². The van der Waals surface area contributed by atoms with Crippen LogP contribution in [0.2, 0.25) is 0 Å². The van der Waals surface area contributed by atoms with Gasteiger partial charge in [0.25, 0.3) is 5.91 Å². The van der Waals surface area contributed by atoms with Gasteiger partial charge in [-0.25, -0.2) is 0 Å². The monoisotopic (exact) mass is 387 g/mol. The Morgan fingerprint density at radius 2 is 1.83 bits per heavy atom. The quantitative estimate of drug-likeness (QED) is 0.382. The largest absolute Gasteiger partial charge is 0.480 e. The average molecular weight is 387 g/mol. The van der Waals surface area contributed by atoms with Crippen molar-refractivity contribution in [2.75, 3.05) is 5.32 Å². The molecule has 2 N–H and O–H groups in total. The number of carboxylic acid groups (broad SMARTS) is 1. The van der Waals surface area contributed by atoms with Crippen molar-refractivity contribution in [3.8, 4) is 6.07 Å². The van der Waals surface area contributed by atoms with Gasteiger partial charge in [-0.2, -0.15) is 5.26 Å². The maximum atomic E-state index is 12.6. The third-order valence-corrected chi connectivity index (χ3v) is 4.34. The first kappa shape index (κ1) is 19.6. The number of hydrogen-bond acceptors (Lipinski definition) is 4. The second-order valence-electron chi connectivity index (χ2n) is 6.35. The van der Waals surface area contributed by atoms with E-state index >= 15 is 0 Å². The molecule has 29 heavy (non-hydrogen) atoms. The minimum absolute atomic E-state index is 0.165. The minimum atomic E-state index is -1.000. The van der Waals surface area contributed by atoms with Crippen molar-refractivity contribution in [2.24, 2.45) is 0 Å². The molecule has 0 fully saturated rings. The van der Waals surface area contributed by atoms with Crippen molar-refractivity contribution in [1.29, 1.82) is 5.26 Å². The van der Waals surface area contributed by atoms with Gasteiger partial charge in [0.1, 0.15) is 18.2 Å². The van der Waals surface area contributed by atoms with Gasteiger partial charge in [0.05, 0.1) is 5.69 Å². The van der Waals surface area contributed by atoms with Crippen molar-refractivity contribution in [3.63, 3.8) is 0 Å². The Bertz CT molecular complexity index is 1200. The van der Waals surface area contributed by atoms with E-state index in [1.807, 2.05) is 6.07 Å². The third-order valence-electron chi connectivity index (χ3n) is 4.34. The average Bonchev–Trinajstić information content (AvgIpc) is 3.03. The molecule has 0 atom stereocenters. The lowest BCUT2D eigenvalue weighted by molar-refractivity contribution is -0.137. The van der Waals surface area contributed by atoms with Gasteiger partial charge >= 0.3 is 5.97 Å². The second-order valence-corrected chi connectivity index (χ2v) is 6.35. The third kappa shape index (κ3) is 4.22. The van der Waals surface area contributed by atoms with Crippen LogP contribution < -0.4 is 5.32 Å². The fourth-order valence-corrected chi connectivity index (χ4v) is 3.06. The standard InChI is InChI=1S/C22H17N3O4/c1-14(26)17-6-2-4-8-19(17)24-22(29)15(11-23)10-16-12-25(13-21(27)28)20-9-5-3-7-18(16)20/h2-10,12H,13H2,1H3,(H,24,29)(H,27,28). The normalized spacial score (nSPS) is 11.1. The van der Waals surface area contributed by atoms with Gasteiger partial charge in [0.15, 0.2) is 5.78 Å². The number of rotatable bonds is 6. The zero-order valence-corrected chi connectivity index (χ0v) is 15.5. The van der Waals surface area contributed by atoms with Gasteiger partial charge in [-0.1, -0.05) is 30.3 Å². The Morgan fingerprint density at radius 3 is 2.52 bits per heavy atom. The highest BCUT2D eigenvalue weighted by molar-refractivity contribution is 6.13. The highest BCUT2D eigenvalue weighted by atomic mass is 16.4. The SMILES string of the molecule is CC(=O)c1ccccc1NC(=O)C(C#N)=Cc1cn(CC(=O)O)c2ccccc12. The molecule has 0 radical (unpaired) electrons. The zero-order valence-electron chi connectivity index (χ0n) is 15.5. The fraction of sp³-hybridized carbons (Fsp3) is 0.0909. The molecule has 0 aliphatic carbocycles. The van der Waals surface area contributed by atoms with Crippen molar-refractivity contribution >= 4 is 40.3 Å². The van der Waals surface area contributed by atoms with Crippen LogP contribution >= 0.6 is 0 Å². The topological polar surface area (TPSA) is 112 Å². The van der Waals surface area contributed by atoms with Crippen LogP contribution in [0.3, 0.4) is 0 Å². The predicted octanol–water partition coefficient (Wildman–Crippen LogP) is 3.47. The van der Waals surface area contributed by atoms with Crippen molar-refractivity contribution < 1.29 is 19.5 Å². The van der Waals surface area contributed by atoms with Crippen molar-refractivity contribution in [1.82, 2.24) is 4.57 Å². The lowest BCUT2D eigenvalue weighted by atomic mass is 10.1. The molecule has 0 saturated heterocycles. The number of para-hydroxylation sites is 2. The number of aliphatic carboxylic acids is 1. The summed E-state index contributed by atoms with van der Waals surface area (Å²) in [6, 6.07) is 15.5. The molecule has 7 nitrogen and oxygen atoms in total. The number of benzene rings is 2. The molecule has 1 amide bonds. The Labute approximate surface area is 166 Å². The highest BCUT2D eigenvalue weighted by Gasteiger charge is 2.15. The van der Waals surface area contributed by atoms with E-state index in [0.29, 0.717) is 22.3 Å². The summed E-state index contributed by atoms with van der Waals surface area (Å²) in [6.07, 6.45) is 3.00. The summed E-state index contributed by atoms with van der Waals surface area (Å²) in [6.45, 7) is 1.15. The number of amides is 1. The number of ketones is 1. The smallest absolute Gasteiger partial charge is 0.323 e. The van der Waals surface area contributed by atoms with Crippen LogP contribution in [0.5, 0.6) is 0 Å². The second kappa shape index (κ2) is 8.23. The number of carbonyl (C=O) groups excluding carboxylic acids is 2. The molecule has 0 bridgehead atoms. The summed E-state index contributed by atoms with van der Waals surface area (Å²) in [5.74, 6) is -1.86. The van der Waals surface area contributed by atoms with E-state index in [-0.39, 0.29) is 17.9 Å². The Balaban J connectivity index is 1.99. The van der Waals surface area contributed by atoms with Crippen LogP contribution in [0.15, 0.2) is 60.3 Å². The Hall–Kier alpha value is -4.18. The number of hydrogen-bond donors (Lipinski definition) is 2. The number of nitrogens with zero attached hydrogens (tertiary/aromatic N) is 2. The van der Waals surface area contributed by atoms with Crippen LogP contribution in [0, 0.1) is 11.3 Å². The molecule has 0 spiro atoms.